The number of hydrogen-bond acceptors (Lipinski definition) is 3. The highest BCUT2D eigenvalue weighted by atomic mass is 15.1. The predicted molar refractivity (Wildman–Crippen MR) is 72.0 cm³/mol. The van der Waals surface area contributed by atoms with Gasteiger partial charge in [0.05, 0.1) is 11.4 Å². The molecule has 0 atom stereocenters. The summed E-state index contributed by atoms with van der Waals surface area (Å²) in [6.45, 7) is 4.23. The molecule has 1 aromatic carbocycles. The van der Waals surface area contributed by atoms with Crippen LogP contribution in [0.1, 0.15) is 12.0 Å². The number of anilines is 2. The minimum Gasteiger partial charge on any atom is -0.397 e. The highest BCUT2D eigenvalue weighted by molar-refractivity contribution is 5.68. The van der Waals surface area contributed by atoms with Crippen LogP contribution in [0.15, 0.2) is 18.2 Å². The Labute approximate surface area is 98.8 Å². The zero-order valence-electron chi connectivity index (χ0n) is 10.8. The second-order valence-electron chi connectivity index (χ2n) is 4.64. The van der Waals surface area contributed by atoms with E-state index in [-0.39, 0.29) is 0 Å². The predicted octanol–water partition coefficient (Wildman–Crippen LogP) is 1.97. The lowest BCUT2D eigenvalue weighted by Crippen LogP contribution is -2.24. The molecule has 1 aromatic rings. The van der Waals surface area contributed by atoms with Gasteiger partial charge in [0, 0.05) is 13.6 Å². The molecular formula is C13H23N3. The number of nitrogens with zero attached hydrogens (tertiary/aromatic N) is 2. The van der Waals surface area contributed by atoms with Gasteiger partial charge in [0.25, 0.3) is 0 Å². The van der Waals surface area contributed by atoms with Crippen LogP contribution in [0.3, 0.4) is 0 Å². The van der Waals surface area contributed by atoms with Crippen molar-refractivity contribution in [2.24, 2.45) is 0 Å². The Hall–Kier alpha value is -1.22. The van der Waals surface area contributed by atoms with Crippen molar-refractivity contribution in [1.82, 2.24) is 4.90 Å². The maximum absolute atomic E-state index is 5.97. The van der Waals surface area contributed by atoms with E-state index < -0.39 is 0 Å². The first-order chi connectivity index (χ1) is 7.50. The van der Waals surface area contributed by atoms with Crippen LogP contribution in [0, 0.1) is 6.92 Å². The number of benzene rings is 1. The van der Waals surface area contributed by atoms with E-state index in [0.717, 1.165) is 30.9 Å². The molecule has 1 rings (SSSR count). The Morgan fingerprint density at radius 2 is 1.81 bits per heavy atom. The first-order valence-electron chi connectivity index (χ1n) is 5.72. The highest BCUT2D eigenvalue weighted by Gasteiger charge is 2.05. The summed E-state index contributed by atoms with van der Waals surface area (Å²) in [6, 6.07) is 6.17. The van der Waals surface area contributed by atoms with E-state index in [1.54, 1.807) is 0 Å². The molecule has 16 heavy (non-hydrogen) atoms. The Bertz CT molecular complexity index is 334. The fourth-order valence-corrected chi connectivity index (χ4v) is 1.73. The van der Waals surface area contributed by atoms with Crippen molar-refractivity contribution in [1.29, 1.82) is 0 Å². The average Bonchev–Trinajstić information content (AvgIpc) is 2.21. The lowest BCUT2D eigenvalue weighted by Gasteiger charge is -2.22. The molecule has 0 spiro atoms. The van der Waals surface area contributed by atoms with Gasteiger partial charge in [-0.1, -0.05) is 6.07 Å². The zero-order valence-corrected chi connectivity index (χ0v) is 10.8. The molecule has 2 N–H and O–H groups in total. The average molecular weight is 221 g/mol. The lowest BCUT2D eigenvalue weighted by molar-refractivity contribution is 0.402. The van der Waals surface area contributed by atoms with E-state index in [1.807, 2.05) is 12.1 Å². The second kappa shape index (κ2) is 5.75. The molecule has 0 fully saturated rings. The van der Waals surface area contributed by atoms with Gasteiger partial charge in [-0.05, 0) is 51.7 Å². The van der Waals surface area contributed by atoms with Crippen LogP contribution in [0.4, 0.5) is 11.4 Å². The summed E-state index contributed by atoms with van der Waals surface area (Å²) in [5, 5.41) is 0. The molecule has 0 aliphatic rings. The van der Waals surface area contributed by atoms with Gasteiger partial charge < -0.3 is 15.5 Å². The van der Waals surface area contributed by atoms with Crippen LogP contribution in [0.5, 0.6) is 0 Å². The maximum atomic E-state index is 5.97. The molecule has 0 aromatic heterocycles. The number of aryl methyl sites for hydroxylation is 1. The highest BCUT2D eigenvalue weighted by Crippen LogP contribution is 2.23. The van der Waals surface area contributed by atoms with E-state index >= 15 is 0 Å². The SMILES string of the molecule is Cc1ccc(N)c(N(C)CCCN(C)C)c1. The molecule has 0 bridgehead atoms. The van der Waals surface area contributed by atoms with E-state index in [1.165, 1.54) is 5.56 Å². The monoisotopic (exact) mass is 221 g/mol. The molecule has 0 radical (unpaired) electrons. The Morgan fingerprint density at radius 1 is 1.12 bits per heavy atom. The van der Waals surface area contributed by atoms with Crippen molar-refractivity contribution >= 4 is 11.4 Å². The van der Waals surface area contributed by atoms with Gasteiger partial charge in [-0.2, -0.15) is 0 Å². The summed E-state index contributed by atoms with van der Waals surface area (Å²) in [6.07, 6.45) is 1.15. The summed E-state index contributed by atoms with van der Waals surface area (Å²) in [4.78, 5) is 4.43. The first kappa shape index (κ1) is 12.8. The minimum atomic E-state index is 0.859. The third kappa shape index (κ3) is 3.74. The molecule has 0 aliphatic carbocycles. The standard InChI is InChI=1S/C13H23N3/c1-11-6-7-12(14)13(10-11)16(4)9-5-8-15(2)3/h6-7,10H,5,8-9,14H2,1-4H3. The molecule has 0 heterocycles. The van der Waals surface area contributed by atoms with Gasteiger partial charge in [-0.15, -0.1) is 0 Å². The molecule has 90 valence electrons. The lowest BCUT2D eigenvalue weighted by atomic mass is 10.2. The van der Waals surface area contributed by atoms with Crippen molar-refractivity contribution < 1.29 is 0 Å². The van der Waals surface area contributed by atoms with Crippen LogP contribution < -0.4 is 10.6 Å². The molecule has 0 amide bonds. The van der Waals surface area contributed by atoms with Gasteiger partial charge >= 0.3 is 0 Å². The van der Waals surface area contributed by atoms with Crippen molar-refractivity contribution in [3.8, 4) is 0 Å². The normalized spacial score (nSPS) is 10.8. The van der Waals surface area contributed by atoms with Crippen molar-refractivity contribution in [2.75, 3.05) is 44.9 Å². The van der Waals surface area contributed by atoms with Crippen LogP contribution in [-0.2, 0) is 0 Å². The number of nitrogens with two attached hydrogens (primary N) is 1. The van der Waals surface area contributed by atoms with Crippen LogP contribution >= 0.6 is 0 Å². The van der Waals surface area contributed by atoms with Gasteiger partial charge in [0.15, 0.2) is 0 Å². The minimum absolute atomic E-state index is 0.859. The van der Waals surface area contributed by atoms with E-state index in [4.69, 9.17) is 5.73 Å². The van der Waals surface area contributed by atoms with E-state index in [0.29, 0.717) is 0 Å². The number of nitrogen functional groups attached to an aromatic ring is 1. The third-order valence-corrected chi connectivity index (χ3v) is 2.70. The first-order valence-corrected chi connectivity index (χ1v) is 5.72. The van der Waals surface area contributed by atoms with Crippen molar-refractivity contribution in [3.63, 3.8) is 0 Å². The smallest absolute Gasteiger partial charge is 0.0599 e. The van der Waals surface area contributed by atoms with Crippen molar-refractivity contribution in [3.05, 3.63) is 23.8 Å². The molecular weight excluding hydrogens is 198 g/mol. The van der Waals surface area contributed by atoms with Gasteiger partial charge in [0.2, 0.25) is 0 Å². The number of rotatable bonds is 5. The van der Waals surface area contributed by atoms with Gasteiger partial charge in [0.1, 0.15) is 0 Å². The third-order valence-electron chi connectivity index (χ3n) is 2.70. The largest absolute Gasteiger partial charge is 0.397 e. The quantitative estimate of drug-likeness (QED) is 0.772. The van der Waals surface area contributed by atoms with Crippen LogP contribution in [0.25, 0.3) is 0 Å². The second-order valence-corrected chi connectivity index (χ2v) is 4.64. The summed E-state index contributed by atoms with van der Waals surface area (Å²) in [7, 11) is 6.29. The van der Waals surface area contributed by atoms with Gasteiger partial charge in [-0.3, -0.25) is 0 Å². The molecule has 3 nitrogen and oxygen atoms in total. The number of hydrogen-bond donors (Lipinski definition) is 1. The Kier molecular flexibility index (Phi) is 4.62. The summed E-state index contributed by atoms with van der Waals surface area (Å²) < 4.78 is 0. The van der Waals surface area contributed by atoms with Crippen molar-refractivity contribution in [2.45, 2.75) is 13.3 Å². The molecule has 0 saturated carbocycles. The molecule has 0 aliphatic heterocycles. The topological polar surface area (TPSA) is 32.5 Å². The molecule has 0 saturated heterocycles. The maximum Gasteiger partial charge on any atom is 0.0599 e. The summed E-state index contributed by atoms with van der Waals surface area (Å²) >= 11 is 0. The fourth-order valence-electron chi connectivity index (χ4n) is 1.73. The Balaban J connectivity index is 2.58. The van der Waals surface area contributed by atoms with E-state index in [9.17, 15) is 0 Å². The van der Waals surface area contributed by atoms with E-state index in [2.05, 4.69) is 43.9 Å². The molecule has 3 heteroatoms. The van der Waals surface area contributed by atoms with Crippen LogP contribution in [-0.4, -0.2) is 39.1 Å². The van der Waals surface area contributed by atoms with Crippen LogP contribution in [0.2, 0.25) is 0 Å². The Morgan fingerprint density at radius 3 is 2.44 bits per heavy atom. The summed E-state index contributed by atoms with van der Waals surface area (Å²) in [5.74, 6) is 0. The fraction of sp³-hybridized carbons (Fsp3) is 0.538. The molecule has 0 unspecified atom stereocenters. The summed E-state index contributed by atoms with van der Waals surface area (Å²) in [5.41, 5.74) is 9.22. The zero-order chi connectivity index (χ0) is 12.1. The van der Waals surface area contributed by atoms with Gasteiger partial charge in [-0.25, -0.2) is 0 Å².